The van der Waals surface area contributed by atoms with Gasteiger partial charge in [-0.15, -0.1) is 0 Å². The molecule has 0 saturated carbocycles. The Kier molecular flexibility index (Phi) is 20.1. The zero-order chi connectivity index (χ0) is 53.5. The first-order valence-corrected chi connectivity index (χ1v) is 31.0. The quantitative estimate of drug-likeness (QED) is 0.106. The highest BCUT2D eigenvalue weighted by molar-refractivity contribution is 7.42. The van der Waals surface area contributed by atoms with Crippen molar-refractivity contribution >= 4 is 17.2 Å². The minimum Gasteiger partial charge on any atom is -0.426 e. The fourth-order valence-electron chi connectivity index (χ4n) is 12.3. The minimum atomic E-state index is -2.06. The zero-order valence-corrected chi connectivity index (χ0v) is 49.4. The third-order valence-electron chi connectivity index (χ3n) is 16.8. The fourth-order valence-corrected chi connectivity index (χ4v) is 14.8. The van der Waals surface area contributed by atoms with E-state index in [-0.39, 0.29) is 66.4 Å². The molecule has 12 atom stereocenters. The summed E-state index contributed by atoms with van der Waals surface area (Å²) in [7, 11) is -4.10. The number of aryl methyl sites for hydroxylation is 4. The van der Waals surface area contributed by atoms with Gasteiger partial charge in [-0.05, 0) is 186 Å². The summed E-state index contributed by atoms with van der Waals surface area (Å²) in [5.74, 6) is 2.33. The van der Waals surface area contributed by atoms with Gasteiger partial charge in [0.1, 0.15) is 11.5 Å². The Labute approximate surface area is 458 Å². The summed E-state index contributed by atoms with van der Waals surface area (Å²) >= 11 is 0. The maximum atomic E-state index is 7.55. The second kappa shape index (κ2) is 26.7. The number of hydrogen-bond acceptors (Lipinski definition) is 10. The van der Waals surface area contributed by atoms with Crippen LogP contribution in [0.5, 0.6) is 11.5 Å². The monoisotopic (exact) mass is 1080 g/mol. The van der Waals surface area contributed by atoms with Crippen LogP contribution in [0.3, 0.4) is 0 Å². The summed E-state index contributed by atoms with van der Waals surface area (Å²) in [5, 5.41) is 0. The van der Waals surface area contributed by atoms with Crippen molar-refractivity contribution in [2.45, 2.75) is 196 Å². The van der Waals surface area contributed by atoms with Crippen LogP contribution in [0.4, 0.5) is 0 Å². The summed E-state index contributed by atoms with van der Waals surface area (Å²) in [4.78, 5) is 0. The topological polar surface area (TPSA) is 92.3 Å². The van der Waals surface area contributed by atoms with E-state index in [1.54, 1.807) is 0 Å². The van der Waals surface area contributed by atoms with E-state index in [2.05, 4.69) is 142 Å². The van der Waals surface area contributed by atoms with E-state index in [1.165, 1.54) is 23.1 Å². The van der Waals surface area contributed by atoms with Crippen LogP contribution in [-0.4, -0.2) is 69.2 Å². The van der Waals surface area contributed by atoms with Crippen LogP contribution in [0.15, 0.2) is 95.4 Å². The molecular weight excluding hydrogens is 991 g/mol. The lowest BCUT2D eigenvalue weighted by atomic mass is 9.86. The molecular formula is C64H88O10P2. The van der Waals surface area contributed by atoms with Crippen molar-refractivity contribution < 1.29 is 46.1 Å². The van der Waals surface area contributed by atoms with Crippen LogP contribution in [0, 0.1) is 65.2 Å². The molecule has 10 nitrogen and oxygen atoms in total. The summed E-state index contributed by atoms with van der Waals surface area (Å²) in [6.45, 7) is 26.7. The Bertz CT molecular complexity index is 2480. The predicted octanol–water partition coefficient (Wildman–Crippen LogP) is 16.8. The molecule has 0 bridgehead atoms. The van der Waals surface area contributed by atoms with Crippen LogP contribution in [0.25, 0.3) is 11.1 Å². The number of hydrogen-bond donors (Lipinski definition) is 0. The van der Waals surface area contributed by atoms with Crippen molar-refractivity contribution in [3.05, 3.63) is 129 Å². The average Bonchev–Trinajstić information content (AvgIpc) is 3.42. The molecule has 9 rings (SSSR count). The van der Waals surface area contributed by atoms with Crippen LogP contribution in [-0.2, 0) is 37.0 Å². The number of benzene rings is 2. The molecule has 12 unspecified atom stereocenters. The lowest BCUT2D eigenvalue weighted by Gasteiger charge is -2.38. The number of rotatable bonds is 18. The van der Waals surface area contributed by atoms with Gasteiger partial charge in [0.2, 0.25) is 0 Å². The van der Waals surface area contributed by atoms with Gasteiger partial charge >= 0.3 is 17.2 Å². The number of ether oxygens (including phenoxy) is 4. The van der Waals surface area contributed by atoms with Crippen molar-refractivity contribution in [2.24, 2.45) is 23.7 Å². The molecule has 2 aromatic rings. The zero-order valence-electron chi connectivity index (χ0n) is 47.6. The van der Waals surface area contributed by atoms with Gasteiger partial charge in [-0.1, -0.05) is 90.5 Å². The smallest absolute Gasteiger partial charge is 0.426 e. The van der Waals surface area contributed by atoms with E-state index < -0.39 is 17.2 Å². The second-order valence-electron chi connectivity index (χ2n) is 22.9. The third kappa shape index (κ3) is 14.1. The van der Waals surface area contributed by atoms with Crippen molar-refractivity contribution in [1.82, 2.24) is 0 Å². The molecule has 414 valence electrons. The summed E-state index contributed by atoms with van der Waals surface area (Å²) in [6.07, 6.45) is 34.3. The van der Waals surface area contributed by atoms with Gasteiger partial charge < -0.3 is 32.5 Å². The summed E-state index contributed by atoms with van der Waals surface area (Å²) < 4.78 is 69.6. The van der Waals surface area contributed by atoms with Gasteiger partial charge in [-0.2, -0.15) is 0 Å². The molecule has 7 aliphatic rings. The molecule has 0 N–H and O–H groups in total. The first kappa shape index (κ1) is 57.3. The van der Waals surface area contributed by atoms with Crippen molar-refractivity contribution in [3.63, 3.8) is 0 Å². The van der Waals surface area contributed by atoms with Crippen molar-refractivity contribution in [3.8, 4) is 22.6 Å². The fraction of sp³-hybridized carbons (Fsp3) is 0.594. The molecule has 4 heterocycles. The predicted molar refractivity (Wildman–Crippen MR) is 308 cm³/mol. The number of allylic oxidation sites excluding steroid dienone is 7. The third-order valence-corrected chi connectivity index (χ3v) is 19.1. The molecule has 4 saturated heterocycles. The molecule has 0 amide bonds. The normalized spacial score (nSPS) is 30.5. The van der Waals surface area contributed by atoms with Crippen LogP contribution < -0.4 is 9.05 Å². The van der Waals surface area contributed by atoms with E-state index in [9.17, 15) is 0 Å². The lowest BCUT2D eigenvalue weighted by Crippen LogP contribution is -2.38. The van der Waals surface area contributed by atoms with Crippen molar-refractivity contribution in [1.29, 1.82) is 0 Å². The van der Waals surface area contributed by atoms with Gasteiger partial charge in [0.05, 0.1) is 48.5 Å². The van der Waals surface area contributed by atoms with Gasteiger partial charge in [-0.25, -0.2) is 0 Å². The molecule has 0 radical (unpaired) electrons. The standard InChI is InChI=1S/C64H88O10P2/c1-40-24-27-58(51(34-40)55-21-13-17-31-66-55)70-75(69-48(9)39-45(6)54-20-12-16-30-65-54)73-63-49(10)43(4)37-46(7)61(63)62-47(8)38-44(5)50(11)64(62)74-76(71-59-28-25-41(2)35-52(59)56-22-14-18-32-67-56)72-60-29-26-42(3)36-53(60)57-23-15-19-33-68-57/h24-29,34-39,45,51-60H,12-23,30-33H2,1-11H3/b48-39-. The van der Waals surface area contributed by atoms with Crippen molar-refractivity contribution in [2.75, 3.05) is 26.4 Å². The lowest BCUT2D eigenvalue weighted by molar-refractivity contribution is -0.0413. The second-order valence-corrected chi connectivity index (χ2v) is 25.0. The SMILES string of the molecule is CC1=CC(C2CCCCO2)C(OP(O/C(C)=C\C(C)C2CCCCO2)Oc2c(C)c(C)cc(C)c2-c2c(C)cc(C)c(C)c2OP(OC2C=CC(C)=CC2C2CCCCO2)OC2C=CC(C)=CC2C2CCCCO2)C=C1. The van der Waals surface area contributed by atoms with Gasteiger partial charge in [0.15, 0.2) is 0 Å². The highest BCUT2D eigenvalue weighted by atomic mass is 31.2. The Morgan fingerprint density at radius 2 is 0.882 bits per heavy atom. The molecule has 4 aliphatic heterocycles. The molecule has 3 aliphatic carbocycles. The van der Waals surface area contributed by atoms with Crippen LogP contribution >= 0.6 is 17.2 Å². The van der Waals surface area contributed by atoms with E-state index in [4.69, 9.17) is 46.1 Å². The van der Waals surface area contributed by atoms with Crippen LogP contribution in [0.1, 0.15) is 145 Å². The highest BCUT2D eigenvalue weighted by Gasteiger charge is 2.41. The Morgan fingerprint density at radius 1 is 0.500 bits per heavy atom. The molecule has 76 heavy (non-hydrogen) atoms. The maximum absolute atomic E-state index is 7.55. The van der Waals surface area contributed by atoms with Gasteiger partial charge in [-0.3, -0.25) is 13.6 Å². The Hall–Kier alpha value is -3.40. The molecule has 2 aromatic carbocycles. The highest BCUT2D eigenvalue weighted by Crippen LogP contribution is 2.57. The molecule has 4 fully saturated rings. The minimum absolute atomic E-state index is 0.00319. The largest absolute Gasteiger partial charge is 0.463 e. The van der Waals surface area contributed by atoms with E-state index >= 15 is 0 Å². The van der Waals surface area contributed by atoms with E-state index in [0.29, 0.717) is 11.5 Å². The van der Waals surface area contributed by atoms with Crippen LogP contribution in [0.2, 0.25) is 0 Å². The average molecular weight is 1080 g/mol. The van der Waals surface area contributed by atoms with E-state index in [0.717, 1.165) is 147 Å². The maximum Gasteiger partial charge on any atom is 0.463 e. The Morgan fingerprint density at radius 3 is 1.26 bits per heavy atom. The molecule has 0 spiro atoms. The van der Waals surface area contributed by atoms with E-state index in [1.807, 2.05) is 6.92 Å². The first-order chi connectivity index (χ1) is 36.7. The van der Waals surface area contributed by atoms with Gasteiger partial charge in [0, 0.05) is 61.2 Å². The molecule has 12 heteroatoms. The first-order valence-electron chi connectivity index (χ1n) is 28.8. The molecule has 0 aromatic heterocycles. The Balaban J connectivity index is 1.12. The summed E-state index contributed by atoms with van der Waals surface area (Å²) in [5.41, 5.74) is 11.8. The van der Waals surface area contributed by atoms with Gasteiger partial charge in [0.25, 0.3) is 0 Å². The summed E-state index contributed by atoms with van der Waals surface area (Å²) in [6, 6.07) is 4.52.